The molecule has 0 bridgehead atoms. The lowest BCUT2D eigenvalue weighted by atomic mass is 10.1. The fourth-order valence-corrected chi connectivity index (χ4v) is 1.69. The second kappa shape index (κ2) is 8.34. The highest BCUT2D eigenvalue weighted by molar-refractivity contribution is 6.30. The number of ether oxygens (including phenoxy) is 2. The van der Waals surface area contributed by atoms with E-state index >= 15 is 0 Å². The van der Waals surface area contributed by atoms with Gasteiger partial charge in [-0.3, -0.25) is 0 Å². The predicted molar refractivity (Wildman–Crippen MR) is 81.1 cm³/mol. The molecule has 0 aromatic heterocycles. The van der Waals surface area contributed by atoms with Crippen molar-refractivity contribution in [2.45, 2.75) is 31.7 Å². The number of hydrogen-bond acceptors (Lipinski definition) is 5. The Bertz CT molecular complexity index is 567. The van der Waals surface area contributed by atoms with Crippen molar-refractivity contribution in [2.75, 3.05) is 0 Å². The third-order valence-corrected chi connectivity index (χ3v) is 3.16. The lowest BCUT2D eigenvalue weighted by Gasteiger charge is -2.15. The smallest absolute Gasteiger partial charge is 0.355 e. The molecule has 2 unspecified atom stereocenters. The topological polar surface area (TPSA) is 69.7 Å². The summed E-state index contributed by atoms with van der Waals surface area (Å²) < 4.78 is 9.58. The maximum atomic E-state index is 11.9. The molecule has 0 N–H and O–H groups in total. The second-order valence-corrected chi connectivity index (χ2v) is 5.03. The van der Waals surface area contributed by atoms with Crippen LogP contribution in [0.15, 0.2) is 42.5 Å². The number of carbonyl (C=O) groups excluding carboxylic acids is 3. The fraction of sp³-hybridized carbons (Fsp3) is 0.312. The number of carbonyl (C=O) groups is 3. The first-order chi connectivity index (χ1) is 10.4. The van der Waals surface area contributed by atoms with Gasteiger partial charge in [-0.25, -0.2) is 14.4 Å². The lowest BCUT2D eigenvalue weighted by Crippen LogP contribution is -2.31. The second-order valence-electron chi connectivity index (χ2n) is 4.60. The predicted octanol–water partition coefficient (Wildman–Crippen LogP) is 2.93. The van der Waals surface area contributed by atoms with E-state index < -0.39 is 29.4 Å². The van der Waals surface area contributed by atoms with Crippen LogP contribution in [0.2, 0.25) is 0 Å². The van der Waals surface area contributed by atoms with Crippen LogP contribution < -0.4 is 0 Å². The summed E-state index contributed by atoms with van der Waals surface area (Å²) in [6.45, 7) is 6.49. The molecule has 0 aliphatic rings. The molecule has 1 aromatic carbocycles. The Morgan fingerprint density at radius 3 is 2.27 bits per heavy atom. The summed E-state index contributed by atoms with van der Waals surface area (Å²) in [5.74, 6) is -2.59. The van der Waals surface area contributed by atoms with Gasteiger partial charge in [0, 0.05) is 5.57 Å². The first-order valence-electron chi connectivity index (χ1n) is 6.67. The average Bonchev–Trinajstić information content (AvgIpc) is 2.51. The van der Waals surface area contributed by atoms with E-state index in [9.17, 15) is 14.4 Å². The van der Waals surface area contributed by atoms with E-state index in [1.165, 1.54) is 6.92 Å². The van der Waals surface area contributed by atoms with Crippen LogP contribution in [-0.4, -0.2) is 24.0 Å². The highest BCUT2D eigenvalue weighted by atomic mass is 35.5. The Morgan fingerprint density at radius 1 is 1.18 bits per heavy atom. The van der Waals surface area contributed by atoms with Gasteiger partial charge in [-0.05, 0) is 18.9 Å². The van der Waals surface area contributed by atoms with E-state index in [-0.39, 0.29) is 12.0 Å². The van der Waals surface area contributed by atoms with Crippen LogP contribution in [0.5, 0.6) is 0 Å². The van der Waals surface area contributed by atoms with Crippen LogP contribution in [0, 0.1) is 0 Å². The maximum absolute atomic E-state index is 11.9. The van der Waals surface area contributed by atoms with Crippen LogP contribution in [0.25, 0.3) is 0 Å². The lowest BCUT2D eigenvalue weighted by molar-refractivity contribution is -0.172. The Labute approximate surface area is 133 Å². The first kappa shape index (κ1) is 17.9. The van der Waals surface area contributed by atoms with Crippen LogP contribution >= 0.6 is 11.6 Å². The fourth-order valence-electron chi connectivity index (χ4n) is 1.50. The highest BCUT2D eigenvalue weighted by Gasteiger charge is 2.28. The van der Waals surface area contributed by atoms with E-state index in [0.717, 1.165) is 0 Å². The number of rotatable bonds is 6. The van der Waals surface area contributed by atoms with E-state index in [0.29, 0.717) is 5.56 Å². The molecule has 0 saturated carbocycles. The summed E-state index contributed by atoms with van der Waals surface area (Å²) in [5.41, 5.74) is 0.658. The summed E-state index contributed by atoms with van der Waals surface area (Å²) in [5, 5.41) is -1.11. The molecular formula is C16H17ClO5. The normalized spacial score (nSPS) is 12.9. The highest BCUT2D eigenvalue weighted by Crippen LogP contribution is 2.22. The summed E-state index contributed by atoms with van der Waals surface area (Å²) in [7, 11) is 0. The van der Waals surface area contributed by atoms with E-state index in [1.807, 2.05) is 0 Å². The van der Waals surface area contributed by atoms with Gasteiger partial charge in [0.15, 0.2) is 11.5 Å². The van der Waals surface area contributed by atoms with Crippen molar-refractivity contribution in [2.24, 2.45) is 0 Å². The zero-order valence-electron chi connectivity index (χ0n) is 12.4. The SMILES string of the molecule is C=C(C)C(=O)OC(CC)C(=O)OC(=O)C(Cl)c1ccccc1. The minimum absolute atomic E-state index is 0.150. The van der Waals surface area contributed by atoms with Crippen molar-refractivity contribution >= 4 is 29.5 Å². The van der Waals surface area contributed by atoms with Gasteiger partial charge in [0.05, 0.1) is 0 Å². The first-order valence-corrected chi connectivity index (χ1v) is 7.11. The molecule has 5 nitrogen and oxygen atoms in total. The molecule has 1 rings (SSSR count). The molecule has 0 aliphatic heterocycles. The minimum atomic E-state index is -1.17. The van der Waals surface area contributed by atoms with Gasteiger partial charge in [-0.15, -0.1) is 11.6 Å². The Balaban J connectivity index is 2.67. The van der Waals surface area contributed by atoms with Gasteiger partial charge in [0.2, 0.25) is 0 Å². The number of halogens is 1. The van der Waals surface area contributed by atoms with Crippen molar-refractivity contribution in [3.63, 3.8) is 0 Å². The molecular weight excluding hydrogens is 308 g/mol. The Kier molecular flexibility index (Phi) is 6.79. The molecule has 6 heteroatoms. The summed E-state index contributed by atoms with van der Waals surface area (Å²) in [6, 6.07) is 8.48. The van der Waals surface area contributed by atoms with Crippen molar-refractivity contribution < 1.29 is 23.9 Å². The summed E-state index contributed by atoms with van der Waals surface area (Å²) >= 11 is 5.96. The summed E-state index contributed by atoms with van der Waals surface area (Å²) in [6.07, 6.45) is -1.00. The van der Waals surface area contributed by atoms with E-state index in [4.69, 9.17) is 16.3 Å². The van der Waals surface area contributed by atoms with Crippen molar-refractivity contribution in [1.29, 1.82) is 0 Å². The molecule has 1 aromatic rings. The number of benzene rings is 1. The quantitative estimate of drug-likeness (QED) is 0.348. The van der Waals surface area contributed by atoms with E-state index in [2.05, 4.69) is 11.3 Å². The molecule has 2 atom stereocenters. The van der Waals surface area contributed by atoms with Gasteiger partial charge in [0.25, 0.3) is 0 Å². The number of hydrogen-bond donors (Lipinski definition) is 0. The van der Waals surface area contributed by atoms with Gasteiger partial charge in [-0.1, -0.05) is 43.8 Å². The van der Waals surface area contributed by atoms with Gasteiger partial charge < -0.3 is 9.47 Å². The third kappa shape index (κ3) is 5.00. The van der Waals surface area contributed by atoms with Gasteiger partial charge in [-0.2, -0.15) is 0 Å². The minimum Gasteiger partial charge on any atom is -0.447 e. The van der Waals surface area contributed by atoms with Crippen molar-refractivity contribution in [3.8, 4) is 0 Å². The average molecular weight is 325 g/mol. The Morgan fingerprint density at radius 2 is 1.77 bits per heavy atom. The molecule has 0 aliphatic carbocycles. The monoisotopic (exact) mass is 324 g/mol. The van der Waals surface area contributed by atoms with Crippen LogP contribution in [0.1, 0.15) is 31.2 Å². The Hall–Kier alpha value is -2.14. The standard InChI is InChI=1S/C16H17ClO5/c1-4-12(21-14(18)10(2)3)15(19)22-16(20)13(17)11-8-6-5-7-9-11/h5-9,12-13H,2,4H2,1,3H3. The van der Waals surface area contributed by atoms with E-state index in [1.54, 1.807) is 37.3 Å². The maximum Gasteiger partial charge on any atom is 0.355 e. The molecule has 0 spiro atoms. The third-order valence-electron chi connectivity index (χ3n) is 2.73. The zero-order valence-corrected chi connectivity index (χ0v) is 13.1. The van der Waals surface area contributed by atoms with Crippen molar-refractivity contribution in [3.05, 3.63) is 48.0 Å². The molecule has 0 saturated heterocycles. The molecule has 118 valence electrons. The molecule has 0 heterocycles. The molecule has 0 fully saturated rings. The molecule has 0 amide bonds. The number of esters is 3. The van der Waals surface area contributed by atoms with Crippen LogP contribution in [0.3, 0.4) is 0 Å². The zero-order chi connectivity index (χ0) is 16.7. The molecule has 22 heavy (non-hydrogen) atoms. The van der Waals surface area contributed by atoms with Crippen LogP contribution in [0.4, 0.5) is 0 Å². The number of alkyl halides is 1. The van der Waals surface area contributed by atoms with Gasteiger partial charge >= 0.3 is 17.9 Å². The summed E-state index contributed by atoms with van der Waals surface area (Å²) in [4.78, 5) is 35.1. The molecule has 0 radical (unpaired) electrons. The largest absolute Gasteiger partial charge is 0.447 e. The van der Waals surface area contributed by atoms with Crippen molar-refractivity contribution in [1.82, 2.24) is 0 Å². The van der Waals surface area contributed by atoms with Crippen LogP contribution in [-0.2, 0) is 23.9 Å². The van der Waals surface area contributed by atoms with Gasteiger partial charge in [0.1, 0.15) is 0 Å².